The maximum absolute atomic E-state index is 11.4. The average Bonchev–Trinajstić information content (AvgIpc) is 2.98. The average molecular weight is 298 g/mol. The summed E-state index contributed by atoms with van der Waals surface area (Å²) >= 11 is 0. The summed E-state index contributed by atoms with van der Waals surface area (Å²) in [6.45, 7) is 4.52. The maximum atomic E-state index is 11.4. The van der Waals surface area contributed by atoms with Gasteiger partial charge < -0.3 is 9.47 Å². The van der Waals surface area contributed by atoms with Gasteiger partial charge in [-0.25, -0.2) is 9.59 Å². The van der Waals surface area contributed by atoms with Crippen LogP contribution in [0.3, 0.4) is 0 Å². The number of rotatable bonds is 7. The lowest BCUT2D eigenvalue weighted by Crippen LogP contribution is -2.13. The van der Waals surface area contributed by atoms with E-state index in [4.69, 9.17) is 9.47 Å². The van der Waals surface area contributed by atoms with E-state index in [2.05, 4.69) is 24.1 Å². The highest BCUT2D eigenvalue weighted by atomic mass is 16.6. The molecule has 1 saturated carbocycles. The molecule has 1 unspecified atom stereocenters. The summed E-state index contributed by atoms with van der Waals surface area (Å²) in [5.41, 5.74) is 0. The van der Waals surface area contributed by atoms with Gasteiger partial charge in [0.15, 0.2) is 0 Å². The smallest absolute Gasteiger partial charge is 0.447 e. The molecule has 1 fully saturated rings. The van der Waals surface area contributed by atoms with E-state index >= 15 is 0 Å². The molecular formula is C15H26N2O4. The molecule has 1 aliphatic rings. The quantitative estimate of drug-likeness (QED) is 0.628. The first-order chi connectivity index (χ1) is 10.2. The molecule has 21 heavy (non-hydrogen) atoms. The fourth-order valence-electron chi connectivity index (χ4n) is 2.37. The molecule has 2 amide bonds. The van der Waals surface area contributed by atoms with Crippen molar-refractivity contribution in [1.82, 2.24) is 0 Å². The zero-order valence-electron chi connectivity index (χ0n) is 13.0. The number of carbonyl (C=O) groups is 2. The number of ether oxygens (including phenoxy) is 2. The first-order valence-electron chi connectivity index (χ1n) is 7.94. The van der Waals surface area contributed by atoms with Gasteiger partial charge in [0, 0.05) is 0 Å². The van der Waals surface area contributed by atoms with Crippen LogP contribution in [0.2, 0.25) is 0 Å². The molecule has 0 aromatic carbocycles. The van der Waals surface area contributed by atoms with Crippen LogP contribution < -0.4 is 0 Å². The minimum atomic E-state index is -0.826. The summed E-state index contributed by atoms with van der Waals surface area (Å²) < 4.78 is 10.1. The van der Waals surface area contributed by atoms with Crippen LogP contribution in [0.1, 0.15) is 65.2 Å². The van der Waals surface area contributed by atoms with Crippen LogP contribution in [0.25, 0.3) is 0 Å². The molecule has 0 spiro atoms. The van der Waals surface area contributed by atoms with E-state index in [1.165, 1.54) is 0 Å². The van der Waals surface area contributed by atoms with E-state index < -0.39 is 12.2 Å². The van der Waals surface area contributed by atoms with Crippen LogP contribution in [0.5, 0.6) is 0 Å². The zero-order chi connectivity index (χ0) is 15.5. The molecule has 0 heterocycles. The van der Waals surface area contributed by atoms with Gasteiger partial charge in [-0.2, -0.15) is 0 Å². The van der Waals surface area contributed by atoms with E-state index in [9.17, 15) is 9.59 Å². The molecule has 0 aromatic rings. The van der Waals surface area contributed by atoms with Crippen LogP contribution in [-0.4, -0.2) is 24.9 Å². The predicted molar refractivity (Wildman–Crippen MR) is 78.2 cm³/mol. The number of azo groups is 1. The van der Waals surface area contributed by atoms with Gasteiger partial charge in [0.1, 0.15) is 6.10 Å². The summed E-state index contributed by atoms with van der Waals surface area (Å²) in [7, 11) is 0. The summed E-state index contributed by atoms with van der Waals surface area (Å²) in [6.07, 6.45) is 6.36. The first kappa shape index (κ1) is 17.6. The molecule has 0 bridgehead atoms. The fourth-order valence-corrected chi connectivity index (χ4v) is 2.37. The number of hydrogen-bond donors (Lipinski definition) is 0. The Kier molecular flexibility index (Phi) is 8.62. The number of nitrogens with zero attached hydrogens (tertiary/aromatic N) is 2. The van der Waals surface area contributed by atoms with Crippen LogP contribution in [-0.2, 0) is 9.47 Å². The SMILES string of the molecule is CCCCC(CC)COC(=O)/N=N/C(=O)OC1CCCC1. The van der Waals surface area contributed by atoms with Crippen LogP contribution in [0.15, 0.2) is 10.2 Å². The Morgan fingerprint density at radius 2 is 1.81 bits per heavy atom. The highest BCUT2D eigenvalue weighted by Crippen LogP contribution is 2.21. The molecule has 120 valence electrons. The predicted octanol–water partition coefficient (Wildman–Crippen LogP) is 4.87. The van der Waals surface area contributed by atoms with E-state index in [0.29, 0.717) is 12.5 Å². The third-order valence-electron chi connectivity index (χ3n) is 3.77. The molecule has 0 radical (unpaired) electrons. The number of unbranched alkanes of at least 4 members (excludes halogenated alkanes) is 1. The normalized spacial score (nSPS) is 17.0. The molecule has 1 rings (SSSR count). The van der Waals surface area contributed by atoms with E-state index in [-0.39, 0.29) is 6.10 Å². The Morgan fingerprint density at radius 3 is 2.43 bits per heavy atom. The highest BCUT2D eigenvalue weighted by Gasteiger charge is 2.19. The Labute approximate surface area is 126 Å². The first-order valence-corrected chi connectivity index (χ1v) is 7.94. The molecular weight excluding hydrogens is 272 g/mol. The second-order valence-electron chi connectivity index (χ2n) is 5.48. The van der Waals surface area contributed by atoms with Crippen LogP contribution >= 0.6 is 0 Å². The molecule has 6 heteroatoms. The number of carbonyl (C=O) groups excluding carboxylic acids is 2. The standard InChI is InChI=1S/C15H26N2O4/c1-3-5-8-12(4-2)11-20-14(18)16-17-15(19)21-13-9-6-7-10-13/h12-13H,3-11H2,1-2H3/b17-16+. The van der Waals surface area contributed by atoms with E-state index in [1.807, 2.05) is 0 Å². The van der Waals surface area contributed by atoms with Crippen molar-refractivity contribution in [3.8, 4) is 0 Å². The van der Waals surface area contributed by atoms with Crippen molar-refractivity contribution >= 4 is 12.2 Å². The highest BCUT2D eigenvalue weighted by molar-refractivity contribution is 5.73. The molecule has 6 nitrogen and oxygen atoms in total. The molecule has 1 atom stereocenters. The molecule has 0 saturated heterocycles. The Hall–Kier alpha value is -1.46. The van der Waals surface area contributed by atoms with Gasteiger partial charge >= 0.3 is 12.2 Å². The minimum Gasteiger partial charge on any atom is -0.447 e. The van der Waals surface area contributed by atoms with Crippen molar-refractivity contribution in [2.45, 2.75) is 71.3 Å². The second kappa shape index (κ2) is 10.3. The molecule has 0 N–H and O–H groups in total. The van der Waals surface area contributed by atoms with Crippen molar-refractivity contribution in [2.24, 2.45) is 16.1 Å². The zero-order valence-corrected chi connectivity index (χ0v) is 13.0. The lowest BCUT2D eigenvalue weighted by molar-refractivity contribution is 0.106. The van der Waals surface area contributed by atoms with Crippen LogP contribution in [0, 0.1) is 5.92 Å². The third kappa shape index (κ3) is 7.78. The summed E-state index contributed by atoms with van der Waals surface area (Å²) in [4.78, 5) is 22.7. The lowest BCUT2D eigenvalue weighted by Gasteiger charge is -2.12. The van der Waals surface area contributed by atoms with Gasteiger partial charge in [-0.3, -0.25) is 0 Å². The van der Waals surface area contributed by atoms with Crippen molar-refractivity contribution < 1.29 is 19.1 Å². The topological polar surface area (TPSA) is 77.3 Å². The minimum absolute atomic E-state index is 0.0778. The summed E-state index contributed by atoms with van der Waals surface area (Å²) in [6, 6.07) is 0. The Bertz CT molecular complexity index is 352. The Balaban J connectivity index is 2.21. The fraction of sp³-hybridized carbons (Fsp3) is 0.867. The lowest BCUT2D eigenvalue weighted by atomic mass is 10.0. The van der Waals surface area contributed by atoms with Gasteiger partial charge in [-0.05, 0) is 38.0 Å². The maximum Gasteiger partial charge on any atom is 0.452 e. The summed E-state index contributed by atoms with van der Waals surface area (Å²) in [5.74, 6) is 0.342. The molecule has 1 aliphatic carbocycles. The third-order valence-corrected chi connectivity index (χ3v) is 3.77. The monoisotopic (exact) mass is 298 g/mol. The van der Waals surface area contributed by atoms with Crippen molar-refractivity contribution in [3.63, 3.8) is 0 Å². The van der Waals surface area contributed by atoms with E-state index in [1.54, 1.807) is 0 Å². The van der Waals surface area contributed by atoms with Crippen molar-refractivity contribution in [2.75, 3.05) is 6.61 Å². The van der Waals surface area contributed by atoms with Crippen molar-refractivity contribution in [1.29, 1.82) is 0 Å². The number of hydrogen-bond acceptors (Lipinski definition) is 4. The van der Waals surface area contributed by atoms with Gasteiger partial charge in [0.25, 0.3) is 0 Å². The summed E-state index contributed by atoms with van der Waals surface area (Å²) in [5, 5.41) is 6.48. The number of amides is 2. The van der Waals surface area contributed by atoms with Gasteiger partial charge in [0.05, 0.1) is 6.61 Å². The second-order valence-corrected chi connectivity index (χ2v) is 5.48. The van der Waals surface area contributed by atoms with Gasteiger partial charge in [0.2, 0.25) is 0 Å². The van der Waals surface area contributed by atoms with Crippen LogP contribution in [0.4, 0.5) is 9.59 Å². The Morgan fingerprint density at radius 1 is 1.14 bits per heavy atom. The van der Waals surface area contributed by atoms with E-state index in [0.717, 1.165) is 51.4 Å². The van der Waals surface area contributed by atoms with Crippen molar-refractivity contribution in [3.05, 3.63) is 0 Å². The molecule has 0 aromatic heterocycles. The van der Waals surface area contributed by atoms with Gasteiger partial charge in [-0.15, -0.1) is 0 Å². The largest absolute Gasteiger partial charge is 0.452 e. The molecule has 0 aliphatic heterocycles. The van der Waals surface area contributed by atoms with Gasteiger partial charge in [-0.1, -0.05) is 43.3 Å².